The number of hydrogen-bond donors (Lipinski definition) is 3. The molecule has 2 heterocycles. The van der Waals surface area contributed by atoms with Crippen molar-refractivity contribution >= 4 is 45.6 Å². The molecular weight excluding hydrogens is 507 g/mol. The number of aromatic nitrogens is 1. The van der Waals surface area contributed by atoms with Gasteiger partial charge in [-0.05, 0) is 99.4 Å². The summed E-state index contributed by atoms with van der Waals surface area (Å²) in [5.41, 5.74) is 11.1. The molecule has 1 saturated carbocycles. The van der Waals surface area contributed by atoms with Gasteiger partial charge in [0, 0.05) is 36.8 Å². The van der Waals surface area contributed by atoms with Gasteiger partial charge in [0.05, 0.1) is 26.8 Å². The predicted octanol–water partition coefficient (Wildman–Crippen LogP) is 6.43. The lowest BCUT2D eigenvalue weighted by atomic mass is 9.85. The number of Topliss-reactive ketones (excluding diaryl/α,β-unsaturated/α-hetero) is 1. The van der Waals surface area contributed by atoms with E-state index in [1.807, 2.05) is 19.1 Å². The Bertz CT molecular complexity index is 1310. The number of nitrogens with one attached hydrogen (secondary N) is 1. The lowest BCUT2D eigenvalue weighted by Gasteiger charge is -2.32. The molecule has 1 saturated heterocycles. The number of fused-ring (bicyclic) bond motifs is 1. The number of nitrogens with two attached hydrogens (primary N) is 1. The maximum atomic E-state index is 12.6. The minimum Gasteiger partial charge on any atom is -0.505 e. The smallest absolute Gasteiger partial charge is 0.163 e. The SMILES string of the molecule is CC(=O)c1cnc2cc(C)c(-c3cc(Cl)c(O)c(Cl)c3)cc2c1NC1CCC(CN2CCC(N)C2)CC1. The highest BCUT2D eigenvalue weighted by atomic mass is 35.5. The summed E-state index contributed by atoms with van der Waals surface area (Å²) in [7, 11) is 0. The lowest BCUT2D eigenvalue weighted by Crippen LogP contribution is -2.34. The molecule has 3 aromatic rings. The quantitative estimate of drug-likeness (QED) is 0.312. The molecule has 37 heavy (non-hydrogen) atoms. The minimum atomic E-state index is -0.128. The number of phenolic OH excluding ortho intramolecular Hbond substituents is 1. The van der Waals surface area contributed by atoms with Crippen molar-refractivity contribution in [1.82, 2.24) is 9.88 Å². The summed E-state index contributed by atoms with van der Waals surface area (Å²) in [6.45, 7) is 6.86. The first-order valence-corrected chi connectivity index (χ1v) is 13.8. The number of halogens is 2. The minimum absolute atomic E-state index is 0.0196. The van der Waals surface area contributed by atoms with Gasteiger partial charge in [0.1, 0.15) is 0 Å². The molecule has 2 fully saturated rings. The number of pyridine rings is 1. The number of carbonyl (C=O) groups excluding carboxylic acids is 1. The standard InChI is InChI=1S/C29H34Cl2N4O2/c1-16-9-27-23(12-22(16)19-10-25(30)29(37)26(31)11-19)28(24(13-33-27)17(2)36)34-21-5-3-18(4-6-21)14-35-8-7-20(32)15-35/h9-13,18,20-21,37H,3-8,14-15,32H2,1-2H3,(H,33,34). The van der Waals surface area contributed by atoms with Gasteiger partial charge in [0.25, 0.3) is 0 Å². The van der Waals surface area contributed by atoms with Crippen LogP contribution in [0.15, 0.2) is 30.5 Å². The molecule has 0 amide bonds. The van der Waals surface area contributed by atoms with Gasteiger partial charge in [0.2, 0.25) is 0 Å². The number of likely N-dealkylation sites (tertiary alicyclic amines) is 1. The van der Waals surface area contributed by atoms with Crippen LogP contribution in [-0.2, 0) is 0 Å². The summed E-state index contributed by atoms with van der Waals surface area (Å²) in [5.74, 6) is 0.549. The van der Waals surface area contributed by atoms with E-state index >= 15 is 0 Å². The van der Waals surface area contributed by atoms with E-state index in [1.165, 1.54) is 0 Å². The Morgan fingerprint density at radius 1 is 1.14 bits per heavy atom. The third-order valence-electron chi connectivity index (χ3n) is 7.94. The zero-order chi connectivity index (χ0) is 26.3. The van der Waals surface area contributed by atoms with Crippen LogP contribution in [0.25, 0.3) is 22.0 Å². The fourth-order valence-corrected chi connectivity index (χ4v) is 6.37. The van der Waals surface area contributed by atoms with E-state index in [-0.39, 0.29) is 21.6 Å². The van der Waals surface area contributed by atoms with Crippen molar-refractivity contribution in [2.45, 2.75) is 58.0 Å². The van der Waals surface area contributed by atoms with Crippen molar-refractivity contribution in [3.8, 4) is 16.9 Å². The number of hydrogen-bond acceptors (Lipinski definition) is 6. The van der Waals surface area contributed by atoms with Crippen molar-refractivity contribution < 1.29 is 9.90 Å². The normalized spacial score (nSPS) is 22.5. The Hall–Kier alpha value is -2.38. The zero-order valence-electron chi connectivity index (χ0n) is 21.4. The molecule has 5 rings (SSSR count). The van der Waals surface area contributed by atoms with Crippen LogP contribution in [0, 0.1) is 12.8 Å². The summed E-state index contributed by atoms with van der Waals surface area (Å²) in [6, 6.07) is 8.11. The van der Waals surface area contributed by atoms with E-state index in [1.54, 1.807) is 25.3 Å². The Kier molecular flexibility index (Phi) is 7.64. The topological polar surface area (TPSA) is 91.5 Å². The van der Waals surface area contributed by atoms with Crippen LogP contribution >= 0.6 is 23.2 Å². The van der Waals surface area contributed by atoms with E-state index in [0.29, 0.717) is 23.6 Å². The van der Waals surface area contributed by atoms with Gasteiger partial charge in [-0.1, -0.05) is 23.2 Å². The predicted molar refractivity (Wildman–Crippen MR) is 152 cm³/mol. The monoisotopic (exact) mass is 540 g/mol. The van der Waals surface area contributed by atoms with Gasteiger partial charge >= 0.3 is 0 Å². The zero-order valence-corrected chi connectivity index (χ0v) is 22.9. The number of anilines is 1. The van der Waals surface area contributed by atoms with Gasteiger partial charge < -0.3 is 21.1 Å². The fraction of sp³-hybridized carbons (Fsp3) is 0.448. The van der Waals surface area contributed by atoms with Gasteiger partial charge in [-0.15, -0.1) is 0 Å². The summed E-state index contributed by atoms with van der Waals surface area (Å²) < 4.78 is 0. The van der Waals surface area contributed by atoms with E-state index < -0.39 is 0 Å². The van der Waals surface area contributed by atoms with E-state index in [0.717, 1.165) is 85.0 Å². The van der Waals surface area contributed by atoms with Crippen molar-refractivity contribution in [1.29, 1.82) is 0 Å². The average molecular weight is 542 g/mol. The molecule has 6 nitrogen and oxygen atoms in total. The number of rotatable bonds is 6. The van der Waals surface area contributed by atoms with E-state index in [9.17, 15) is 9.90 Å². The highest BCUT2D eigenvalue weighted by molar-refractivity contribution is 6.37. The number of carbonyl (C=O) groups is 1. The summed E-state index contributed by atoms with van der Waals surface area (Å²) in [6.07, 6.45) is 7.24. The summed E-state index contributed by atoms with van der Waals surface area (Å²) in [5, 5.41) is 15.0. The Labute approximate surface area is 228 Å². The molecule has 2 aromatic carbocycles. The second kappa shape index (κ2) is 10.8. The first-order chi connectivity index (χ1) is 17.7. The van der Waals surface area contributed by atoms with Crippen molar-refractivity contribution in [3.63, 3.8) is 0 Å². The lowest BCUT2D eigenvalue weighted by molar-refractivity contribution is 0.101. The third-order valence-corrected chi connectivity index (χ3v) is 8.52. The highest BCUT2D eigenvalue weighted by Crippen LogP contribution is 2.40. The first kappa shape index (κ1) is 26.2. The van der Waals surface area contributed by atoms with Gasteiger partial charge in [-0.25, -0.2) is 0 Å². The van der Waals surface area contributed by atoms with Gasteiger partial charge in [0.15, 0.2) is 11.5 Å². The highest BCUT2D eigenvalue weighted by Gasteiger charge is 2.27. The van der Waals surface area contributed by atoms with E-state index in [2.05, 4.69) is 15.2 Å². The molecular formula is C29H34Cl2N4O2. The Morgan fingerprint density at radius 3 is 2.46 bits per heavy atom. The van der Waals surface area contributed by atoms with Crippen LogP contribution in [0.4, 0.5) is 5.69 Å². The Balaban J connectivity index is 1.43. The molecule has 8 heteroatoms. The van der Waals surface area contributed by atoms with Crippen LogP contribution in [0.3, 0.4) is 0 Å². The van der Waals surface area contributed by atoms with Crippen LogP contribution < -0.4 is 11.1 Å². The third kappa shape index (κ3) is 5.58. The first-order valence-electron chi connectivity index (χ1n) is 13.1. The number of benzene rings is 2. The maximum Gasteiger partial charge on any atom is 0.163 e. The van der Waals surface area contributed by atoms with Crippen LogP contribution in [0.1, 0.15) is 54.9 Å². The molecule has 2 aliphatic rings. The number of nitrogens with zero attached hydrogens (tertiary/aromatic N) is 2. The fourth-order valence-electron chi connectivity index (χ4n) is 5.88. The van der Waals surface area contributed by atoms with Gasteiger partial charge in [-0.3, -0.25) is 9.78 Å². The number of ketones is 1. The molecule has 0 spiro atoms. The number of aryl methyl sites for hydroxylation is 1. The summed E-state index contributed by atoms with van der Waals surface area (Å²) >= 11 is 12.5. The molecule has 0 radical (unpaired) electrons. The molecule has 1 atom stereocenters. The van der Waals surface area contributed by atoms with Crippen LogP contribution in [-0.4, -0.2) is 52.5 Å². The molecule has 1 aliphatic heterocycles. The number of phenols is 1. The van der Waals surface area contributed by atoms with Crippen molar-refractivity contribution in [2.75, 3.05) is 25.0 Å². The largest absolute Gasteiger partial charge is 0.505 e. The molecule has 4 N–H and O–H groups in total. The second-order valence-electron chi connectivity index (χ2n) is 10.7. The molecule has 1 aliphatic carbocycles. The average Bonchev–Trinajstić information content (AvgIpc) is 3.27. The molecule has 1 aromatic heterocycles. The Morgan fingerprint density at radius 2 is 1.84 bits per heavy atom. The van der Waals surface area contributed by atoms with Crippen molar-refractivity contribution in [2.24, 2.45) is 11.7 Å². The molecule has 196 valence electrons. The van der Waals surface area contributed by atoms with Crippen LogP contribution in [0.5, 0.6) is 5.75 Å². The maximum absolute atomic E-state index is 12.6. The number of aromatic hydroxyl groups is 1. The van der Waals surface area contributed by atoms with E-state index in [4.69, 9.17) is 28.9 Å². The summed E-state index contributed by atoms with van der Waals surface area (Å²) in [4.78, 5) is 19.7. The van der Waals surface area contributed by atoms with Crippen LogP contribution in [0.2, 0.25) is 10.0 Å². The van der Waals surface area contributed by atoms with Crippen molar-refractivity contribution in [3.05, 3.63) is 51.6 Å². The molecule has 0 bridgehead atoms. The molecule has 1 unspecified atom stereocenters. The van der Waals surface area contributed by atoms with Gasteiger partial charge in [-0.2, -0.15) is 0 Å². The second-order valence-corrected chi connectivity index (χ2v) is 11.6.